The van der Waals surface area contributed by atoms with Gasteiger partial charge in [-0.2, -0.15) is 4.98 Å². The molecular formula is C47H54ClN7O5S. The molecule has 0 aliphatic carbocycles. The van der Waals surface area contributed by atoms with Gasteiger partial charge in [0.2, 0.25) is 17.7 Å². The number of carbonyl (C=O) groups is 3. The predicted octanol–water partition coefficient (Wildman–Crippen LogP) is 6.66. The highest BCUT2D eigenvalue weighted by atomic mass is 35.5. The van der Waals surface area contributed by atoms with E-state index in [2.05, 4.69) is 62.1 Å². The number of thiazole rings is 1. The number of hydrogen-bond acceptors (Lipinski definition) is 9. The number of aromatic nitrogens is 3. The number of hydrogen-bond donors (Lipinski definition) is 3. The van der Waals surface area contributed by atoms with Crippen LogP contribution in [0.5, 0.6) is 0 Å². The summed E-state index contributed by atoms with van der Waals surface area (Å²) in [5.41, 5.74) is 7.35. The molecule has 5 heterocycles. The summed E-state index contributed by atoms with van der Waals surface area (Å²) in [5, 5.41) is 17.6. The van der Waals surface area contributed by atoms with Crippen molar-refractivity contribution < 1.29 is 19.5 Å². The van der Waals surface area contributed by atoms with Crippen molar-refractivity contribution in [1.29, 1.82) is 0 Å². The quantitative estimate of drug-likeness (QED) is 0.149. The fourth-order valence-corrected chi connectivity index (χ4v) is 10.4. The molecule has 14 heteroatoms. The molecule has 4 atom stereocenters. The summed E-state index contributed by atoms with van der Waals surface area (Å²) in [4.78, 5) is 68.3. The van der Waals surface area contributed by atoms with E-state index in [9.17, 15) is 24.3 Å². The lowest BCUT2D eigenvalue weighted by Gasteiger charge is -2.36. The van der Waals surface area contributed by atoms with Crippen molar-refractivity contribution in [3.8, 4) is 16.1 Å². The summed E-state index contributed by atoms with van der Waals surface area (Å²) in [6.45, 7) is 15.3. The average Bonchev–Trinajstić information content (AvgIpc) is 3.90. The Kier molecular flexibility index (Phi) is 11.5. The van der Waals surface area contributed by atoms with Gasteiger partial charge in [-0.25, -0.2) is 4.98 Å². The van der Waals surface area contributed by atoms with Gasteiger partial charge in [0.05, 0.1) is 61.8 Å². The van der Waals surface area contributed by atoms with Crippen LogP contribution in [-0.4, -0.2) is 91.5 Å². The number of halogens is 1. The molecule has 2 fully saturated rings. The third-order valence-electron chi connectivity index (χ3n) is 12.8. The maximum Gasteiger partial charge on any atom is 0.282 e. The van der Waals surface area contributed by atoms with Gasteiger partial charge in [-0.1, -0.05) is 74.8 Å². The second-order valence-corrected chi connectivity index (χ2v) is 19.8. The second-order valence-electron chi connectivity index (χ2n) is 18.5. The van der Waals surface area contributed by atoms with Gasteiger partial charge >= 0.3 is 0 Å². The first kappa shape index (κ1) is 42.7. The molecule has 3 amide bonds. The molecule has 61 heavy (non-hydrogen) atoms. The highest BCUT2D eigenvalue weighted by Crippen LogP contribution is 2.45. The highest BCUT2D eigenvalue weighted by Gasteiger charge is 2.45. The van der Waals surface area contributed by atoms with Crippen molar-refractivity contribution in [3.63, 3.8) is 0 Å². The van der Waals surface area contributed by atoms with Crippen molar-refractivity contribution in [1.82, 2.24) is 35.0 Å². The predicted molar refractivity (Wildman–Crippen MR) is 239 cm³/mol. The van der Waals surface area contributed by atoms with Crippen LogP contribution in [0, 0.1) is 12.3 Å². The van der Waals surface area contributed by atoms with Crippen LogP contribution in [0.4, 0.5) is 0 Å². The van der Waals surface area contributed by atoms with Crippen molar-refractivity contribution in [3.05, 3.63) is 110 Å². The van der Waals surface area contributed by atoms with Crippen LogP contribution in [0.25, 0.3) is 27.0 Å². The maximum atomic E-state index is 14.3. The van der Waals surface area contributed by atoms with E-state index in [1.807, 2.05) is 76.5 Å². The van der Waals surface area contributed by atoms with Gasteiger partial charge in [0.1, 0.15) is 17.9 Å². The molecule has 2 saturated heterocycles. The number of nitrogens with one attached hydrogen (secondary N) is 2. The second kappa shape index (κ2) is 16.4. The molecule has 0 spiro atoms. The van der Waals surface area contributed by atoms with Gasteiger partial charge in [0.25, 0.3) is 5.56 Å². The van der Waals surface area contributed by atoms with Crippen LogP contribution < -0.4 is 16.2 Å². The molecule has 0 radical (unpaired) electrons. The standard InChI is InChI=1S/C47H54ClN7O5S/c1-26(28-11-13-30(14-12-28)40-27(2)49-25-61-40)50-42(58)37-22-32(56)23-54(37)44(60)41(46(3,4)5)51-38(57)24-53-19-17-29(18-20-53)31-15-16-35-33(21-31)47(6,7)45-52-43(59)39-34(48)9-8-10-36(39)55(35)45/h8-16,21,25-26,29,32,37,41,56H,17-20,22-24H2,1-7H3,(H,50,58)(H,51,57)/t26-,32+,37-,41+/m0/s1. The number of carbonyl (C=O) groups excluding carboxylic acids is 3. The zero-order valence-corrected chi connectivity index (χ0v) is 37.4. The molecule has 2 aromatic heterocycles. The fraction of sp³-hybridized carbons (Fsp3) is 0.447. The van der Waals surface area contributed by atoms with Crippen LogP contribution in [-0.2, 0) is 19.8 Å². The lowest BCUT2D eigenvalue weighted by Crippen LogP contribution is -2.59. The Labute approximate surface area is 365 Å². The Morgan fingerprint density at radius 1 is 1.03 bits per heavy atom. The van der Waals surface area contributed by atoms with E-state index in [0.717, 1.165) is 51.3 Å². The van der Waals surface area contributed by atoms with E-state index in [-0.39, 0.29) is 54.8 Å². The molecular weight excluding hydrogens is 810 g/mol. The summed E-state index contributed by atoms with van der Waals surface area (Å²) in [7, 11) is 0. The Morgan fingerprint density at radius 3 is 2.43 bits per heavy atom. The summed E-state index contributed by atoms with van der Waals surface area (Å²) >= 11 is 8.05. The molecule has 3 aliphatic rings. The van der Waals surface area contributed by atoms with Crippen LogP contribution in [0.3, 0.4) is 0 Å². The van der Waals surface area contributed by atoms with Gasteiger partial charge in [0, 0.05) is 13.0 Å². The lowest BCUT2D eigenvalue weighted by molar-refractivity contribution is -0.144. The van der Waals surface area contributed by atoms with Gasteiger partial charge < -0.3 is 20.6 Å². The number of nitrogens with zero attached hydrogens (tertiary/aromatic N) is 5. The summed E-state index contributed by atoms with van der Waals surface area (Å²) < 4.78 is 2.06. The molecule has 12 nitrogen and oxygen atoms in total. The number of likely N-dealkylation sites (tertiary alicyclic amines) is 2. The largest absolute Gasteiger partial charge is 0.391 e. The summed E-state index contributed by atoms with van der Waals surface area (Å²) in [6.07, 6.45) is 0.964. The molecule has 320 valence electrons. The lowest BCUT2D eigenvalue weighted by atomic mass is 9.81. The zero-order valence-electron chi connectivity index (χ0n) is 35.8. The first-order chi connectivity index (χ1) is 28.9. The Morgan fingerprint density at radius 2 is 1.75 bits per heavy atom. The number of amides is 3. The molecule has 3 aliphatic heterocycles. The minimum atomic E-state index is -0.907. The summed E-state index contributed by atoms with van der Waals surface area (Å²) in [5.74, 6) is -0.00654. The molecule has 0 bridgehead atoms. The number of aryl methyl sites for hydroxylation is 1. The van der Waals surface area contributed by atoms with Crippen LogP contribution in [0.15, 0.2) is 71.0 Å². The number of β-amino-alcohol motifs (C(OH)–C–C–N with tert-alkyl or cyclic N) is 1. The number of piperidine rings is 1. The Balaban J connectivity index is 0.891. The monoisotopic (exact) mass is 863 g/mol. The Hall–Kier alpha value is -4.95. The first-order valence-corrected chi connectivity index (χ1v) is 22.4. The average molecular weight is 865 g/mol. The minimum absolute atomic E-state index is 0.00987. The fourth-order valence-electron chi connectivity index (χ4n) is 9.36. The van der Waals surface area contributed by atoms with Crippen molar-refractivity contribution in [2.75, 3.05) is 26.2 Å². The van der Waals surface area contributed by atoms with E-state index in [0.29, 0.717) is 29.3 Å². The minimum Gasteiger partial charge on any atom is -0.391 e. The third kappa shape index (κ3) is 8.13. The molecule has 3 N–H and O–H groups in total. The SMILES string of the molecule is Cc1ncsc1-c1ccc([C@H](C)NC(=O)[C@@H]2C[C@@H](O)CN2C(=O)[C@@H](NC(=O)CN2CCC(c3ccc4c(c3)C(C)(C)c3nc(=O)c5c(Cl)cccc5n3-4)CC2)C(C)(C)C)cc1. The number of aliphatic hydroxyl groups is 1. The molecule has 0 unspecified atom stereocenters. The van der Waals surface area contributed by atoms with Crippen LogP contribution in [0.2, 0.25) is 5.02 Å². The maximum absolute atomic E-state index is 14.3. The number of aliphatic hydroxyl groups excluding tert-OH is 1. The van der Waals surface area contributed by atoms with Gasteiger partial charge in [-0.15, -0.1) is 11.3 Å². The van der Waals surface area contributed by atoms with Gasteiger partial charge in [0.15, 0.2) is 0 Å². The first-order valence-electron chi connectivity index (χ1n) is 21.1. The van der Waals surface area contributed by atoms with Gasteiger partial charge in [-0.05, 0) is 105 Å². The normalized spacial score (nSPS) is 20.0. The van der Waals surface area contributed by atoms with Crippen molar-refractivity contribution in [2.45, 2.75) is 103 Å². The van der Waals surface area contributed by atoms with E-state index in [4.69, 9.17) is 11.6 Å². The van der Waals surface area contributed by atoms with Crippen molar-refractivity contribution >= 4 is 51.6 Å². The molecule has 5 aromatic rings. The topological polar surface area (TPSA) is 150 Å². The Bertz CT molecular complexity index is 2570. The smallest absolute Gasteiger partial charge is 0.282 e. The molecule has 3 aromatic carbocycles. The van der Waals surface area contributed by atoms with Crippen LogP contribution in [0.1, 0.15) is 101 Å². The summed E-state index contributed by atoms with van der Waals surface area (Å²) in [6, 6.07) is 17.9. The van der Waals surface area contributed by atoms with Crippen LogP contribution >= 0.6 is 22.9 Å². The molecule has 0 saturated carbocycles. The number of rotatable bonds is 9. The number of fused-ring (bicyclic) bond motifs is 5. The third-order valence-corrected chi connectivity index (χ3v) is 14.1. The molecule has 8 rings (SSSR count). The van der Waals surface area contributed by atoms with Gasteiger partial charge in [-0.3, -0.25) is 28.6 Å². The van der Waals surface area contributed by atoms with E-state index in [1.165, 1.54) is 10.5 Å². The highest BCUT2D eigenvalue weighted by molar-refractivity contribution is 7.13. The zero-order chi connectivity index (χ0) is 43.5. The van der Waals surface area contributed by atoms with Crippen molar-refractivity contribution in [2.24, 2.45) is 5.41 Å². The van der Waals surface area contributed by atoms with E-state index >= 15 is 0 Å². The number of benzene rings is 3. The van der Waals surface area contributed by atoms with E-state index in [1.54, 1.807) is 17.4 Å². The van der Waals surface area contributed by atoms with E-state index < -0.39 is 29.0 Å².